The van der Waals surface area contributed by atoms with Crippen LogP contribution in [0.25, 0.3) is 11.1 Å². The maximum absolute atomic E-state index is 12.5. The van der Waals surface area contributed by atoms with Crippen LogP contribution in [0.3, 0.4) is 0 Å². The van der Waals surface area contributed by atoms with Gasteiger partial charge in [-0.15, -0.1) is 0 Å². The number of amides is 1. The van der Waals surface area contributed by atoms with E-state index in [9.17, 15) is 4.79 Å². The van der Waals surface area contributed by atoms with E-state index < -0.39 is 0 Å². The van der Waals surface area contributed by atoms with E-state index in [0.717, 1.165) is 45.0 Å². The van der Waals surface area contributed by atoms with Crippen molar-refractivity contribution in [3.63, 3.8) is 0 Å². The van der Waals surface area contributed by atoms with Crippen LogP contribution in [0.2, 0.25) is 5.02 Å². The molecule has 27 heavy (non-hydrogen) atoms. The summed E-state index contributed by atoms with van der Waals surface area (Å²) in [6.07, 6.45) is 2.07. The van der Waals surface area contributed by atoms with E-state index in [4.69, 9.17) is 11.6 Å². The van der Waals surface area contributed by atoms with Crippen molar-refractivity contribution in [1.29, 1.82) is 0 Å². The Hall–Kier alpha value is -2.11. The largest absolute Gasteiger partial charge is 0.310 e. The second kappa shape index (κ2) is 8.72. The standard InChI is InChI=1S/C21H21BrClN3O/c1-14-20(16-8-10-17(22)11-9-16)21(26(2)25-14)24-19(27)5-3-4-15-6-12-18(23)13-7-15/h6-13H,3-5H2,1-2H3,(H,24,27). The Morgan fingerprint density at radius 2 is 1.81 bits per heavy atom. The molecule has 0 saturated heterocycles. The third kappa shape index (κ3) is 4.99. The van der Waals surface area contributed by atoms with E-state index in [2.05, 4.69) is 26.3 Å². The lowest BCUT2D eigenvalue weighted by Gasteiger charge is -2.09. The molecule has 0 unspecified atom stereocenters. The Morgan fingerprint density at radius 1 is 1.15 bits per heavy atom. The molecule has 2 aromatic carbocycles. The molecule has 140 valence electrons. The summed E-state index contributed by atoms with van der Waals surface area (Å²) in [5.74, 6) is 0.719. The van der Waals surface area contributed by atoms with Gasteiger partial charge in [-0.25, -0.2) is 0 Å². The van der Waals surface area contributed by atoms with Gasteiger partial charge in [0.25, 0.3) is 0 Å². The molecule has 3 rings (SSSR count). The molecular formula is C21H21BrClN3O. The number of carbonyl (C=O) groups excluding carboxylic acids is 1. The van der Waals surface area contributed by atoms with Crippen LogP contribution in [0.1, 0.15) is 24.1 Å². The van der Waals surface area contributed by atoms with Gasteiger partial charge in [-0.2, -0.15) is 5.10 Å². The maximum atomic E-state index is 12.5. The van der Waals surface area contributed by atoms with Crippen molar-refractivity contribution in [3.05, 3.63) is 69.3 Å². The highest BCUT2D eigenvalue weighted by Crippen LogP contribution is 2.32. The first-order valence-corrected chi connectivity index (χ1v) is 9.95. The van der Waals surface area contributed by atoms with Crippen LogP contribution in [0.15, 0.2) is 53.0 Å². The number of anilines is 1. The number of carbonyl (C=O) groups is 1. The fraction of sp³-hybridized carbons (Fsp3) is 0.238. The first kappa shape index (κ1) is 19.6. The molecule has 0 spiro atoms. The van der Waals surface area contributed by atoms with E-state index in [1.807, 2.05) is 62.5 Å². The van der Waals surface area contributed by atoms with E-state index in [0.29, 0.717) is 6.42 Å². The first-order chi connectivity index (χ1) is 12.9. The number of nitrogens with zero attached hydrogens (tertiary/aromatic N) is 2. The molecule has 4 nitrogen and oxygen atoms in total. The quantitative estimate of drug-likeness (QED) is 0.522. The average Bonchev–Trinajstić information content (AvgIpc) is 2.91. The zero-order valence-corrected chi connectivity index (χ0v) is 17.6. The van der Waals surface area contributed by atoms with Gasteiger partial charge in [0.1, 0.15) is 5.82 Å². The van der Waals surface area contributed by atoms with Crippen LogP contribution in [-0.2, 0) is 18.3 Å². The minimum atomic E-state index is -0.00896. The fourth-order valence-corrected chi connectivity index (χ4v) is 3.45. The van der Waals surface area contributed by atoms with Gasteiger partial charge in [-0.05, 0) is 55.2 Å². The van der Waals surface area contributed by atoms with Crippen molar-refractivity contribution in [3.8, 4) is 11.1 Å². The lowest BCUT2D eigenvalue weighted by Crippen LogP contribution is -2.15. The maximum Gasteiger partial charge on any atom is 0.225 e. The molecule has 0 fully saturated rings. The van der Waals surface area contributed by atoms with Gasteiger partial charge < -0.3 is 5.32 Å². The molecule has 6 heteroatoms. The number of benzene rings is 2. The summed E-state index contributed by atoms with van der Waals surface area (Å²) < 4.78 is 2.74. The van der Waals surface area contributed by atoms with Gasteiger partial charge in [-0.1, -0.05) is 51.8 Å². The summed E-state index contributed by atoms with van der Waals surface area (Å²) in [5, 5.41) is 8.24. The molecule has 3 aromatic rings. The summed E-state index contributed by atoms with van der Waals surface area (Å²) in [6, 6.07) is 15.7. The van der Waals surface area contributed by atoms with Gasteiger partial charge in [0.2, 0.25) is 5.91 Å². The zero-order valence-electron chi connectivity index (χ0n) is 15.3. The Bertz CT molecular complexity index is 933. The van der Waals surface area contributed by atoms with Crippen molar-refractivity contribution in [1.82, 2.24) is 9.78 Å². The van der Waals surface area contributed by atoms with Crippen molar-refractivity contribution in [2.24, 2.45) is 7.05 Å². The number of aryl methyl sites for hydroxylation is 3. The molecular weight excluding hydrogens is 426 g/mol. The summed E-state index contributed by atoms with van der Waals surface area (Å²) in [4.78, 5) is 12.5. The Kier molecular flexibility index (Phi) is 6.34. The minimum Gasteiger partial charge on any atom is -0.310 e. The van der Waals surface area contributed by atoms with Gasteiger partial charge in [0, 0.05) is 28.5 Å². The molecule has 0 radical (unpaired) electrons. The van der Waals surface area contributed by atoms with Gasteiger partial charge in [0.05, 0.1) is 5.69 Å². The van der Waals surface area contributed by atoms with Crippen molar-refractivity contribution in [2.75, 3.05) is 5.32 Å². The number of halogens is 2. The van der Waals surface area contributed by atoms with Crippen molar-refractivity contribution < 1.29 is 4.79 Å². The Morgan fingerprint density at radius 3 is 2.48 bits per heavy atom. The minimum absolute atomic E-state index is 0.00896. The molecule has 0 atom stereocenters. The highest BCUT2D eigenvalue weighted by Gasteiger charge is 2.17. The highest BCUT2D eigenvalue weighted by molar-refractivity contribution is 9.10. The molecule has 1 aromatic heterocycles. The third-order valence-corrected chi connectivity index (χ3v) is 5.18. The fourth-order valence-electron chi connectivity index (χ4n) is 3.06. The topological polar surface area (TPSA) is 46.9 Å². The number of hydrogen-bond donors (Lipinski definition) is 1. The molecule has 1 N–H and O–H groups in total. The van der Waals surface area contributed by atoms with E-state index >= 15 is 0 Å². The molecule has 0 aliphatic carbocycles. The monoisotopic (exact) mass is 445 g/mol. The molecule has 1 amide bonds. The summed E-state index contributed by atoms with van der Waals surface area (Å²) >= 11 is 9.36. The predicted molar refractivity (Wildman–Crippen MR) is 114 cm³/mol. The highest BCUT2D eigenvalue weighted by atomic mass is 79.9. The van der Waals surface area contributed by atoms with Crippen LogP contribution in [0, 0.1) is 6.92 Å². The number of nitrogens with one attached hydrogen (secondary N) is 1. The summed E-state index contributed by atoms with van der Waals surface area (Å²) in [5.41, 5.74) is 4.05. The van der Waals surface area contributed by atoms with E-state index in [-0.39, 0.29) is 5.91 Å². The van der Waals surface area contributed by atoms with Crippen molar-refractivity contribution in [2.45, 2.75) is 26.2 Å². The SMILES string of the molecule is Cc1nn(C)c(NC(=O)CCCc2ccc(Cl)cc2)c1-c1ccc(Br)cc1. The van der Waals surface area contributed by atoms with Gasteiger partial charge in [0.15, 0.2) is 0 Å². The smallest absolute Gasteiger partial charge is 0.225 e. The summed E-state index contributed by atoms with van der Waals surface area (Å²) in [7, 11) is 1.85. The van der Waals surface area contributed by atoms with Crippen LogP contribution >= 0.6 is 27.5 Å². The zero-order chi connectivity index (χ0) is 19.4. The average molecular weight is 447 g/mol. The van der Waals surface area contributed by atoms with Crippen LogP contribution in [0.4, 0.5) is 5.82 Å². The lowest BCUT2D eigenvalue weighted by molar-refractivity contribution is -0.116. The number of hydrogen-bond acceptors (Lipinski definition) is 2. The second-order valence-electron chi connectivity index (χ2n) is 6.47. The molecule has 0 bridgehead atoms. The van der Waals surface area contributed by atoms with Crippen LogP contribution in [-0.4, -0.2) is 15.7 Å². The summed E-state index contributed by atoms with van der Waals surface area (Å²) in [6.45, 7) is 1.95. The molecule has 0 aliphatic heterocycles. The predicted octanol–water partition coefficient (Wildman–Crippen LogP) is 5.77. The normalized spacial score (nSPS) is 10.8. The van der Waals surface area contributed by atoms with Gasteiger partial charge in [-0.3, -0.25) is 9.48 Å². The molecule has 0 saturated carbocycles. The number of rotatable bonds is 6. The second-order valence-corrected chi connectivity index (χ2v) is 7.82. The third-order valence-electron chi connectivity index (χ3n) is 4.40. The lowest BCUT2D eigenvalue weighted by atomic mass is 10.1. The van der Waals surface area contributed by atoms with Crippen LogP contribution < -0.4 is 5.32 Å². The van der Waals surface area contributed by atoms with E-state index in [1.165, 1.54) is 5.56 Å². The van der Waals surface area contributed by atoms with Gasteiger partial charge >= 0.3 is 0 Å². The first-order valence-electron chi connectivity index (χ1n) is 8.78. The molecule has 0 aliphatic rings. The van der Waals surface area contributed by atoms with E-state index in [1.54, 1.807) is 4.68 Å². The Balaban J connectivity index is 1.67. The Labute approximate surface area is 172 Å². The van der Waals surface area contributed by atoms with Crippen LogP contribution in [0.5, 0.6) is 0 Å². The number of aromatic nitrogens is 2. The molecule has 1 heterocycles. The van der Waals surface area contributed by atoms with Crippen molar-refractivity contribution >= 4 is 39.3 Å².